The molecule has 0 aliphatic heterocycles. The Labute approximate surface area is 107 Å². The van der Waals surface area contributed by atoms with E-state index in [-0.39, 0.29) is 12.5 Å². The van der Waals surface area contributed by atoms with Crippen LogP contribution in [0.2, 0.25) is 0 Å². The molecule has 0 bridgehead atoms. The van der Waals surface area contributed by atoms with Gasteiger partial charge in [-0.1, -0.05) is 12.8 Å². The van der Waals surface area contributed by atoms with Crippen molar-refractivity contribution in [2.75, 3.05) is 19.6 Å². The van der Waals surface area contributed by atoms with Crippen molar-refractivity contribution in [2.24, 2.45) is 16.6 Å². The van der Waals surface area contributed by atoms with Crippen molar-refractivity contribution in [3.05, 3.63) is 0 Å². The van der Waals surface area contributed by atoms with Crippen LogP contribution in [0.1, 0.15) is 25.7 Å². The predicted octanol–water partition coefficient (Wildman–Crippen LogP) is -1.18. The second-order valence-electron chi connectivity index (χ2n) is 3.68. The first kappa shape index (κ1) is 16.2. The van der Waals surface area contributed by atoms with Crippen molar-refractivity contribution in [1.82, 2.24) is 16.1 Å². The first-order valence-corrected chi connectivity index (χ1v) is 5.91. The molecule has 104 valence electrons. The molecule has 0 spiro atoms. The van der Waals surface area contributed by atoms with Crippen LogP contribution in [0.25, 0.3) is 0 Å². The number of nitrogens with zero attached hydrogens (tertiary/aromatic N) is 1. The molecular weight excluding hydrogens is 236 g/mol. The summed E-state index contributed by atoms with van der Waals surface area (Å²) >= 11 is 0. The van der Waals surface area contributed by atoms with E-state index in [0.717, 1.165) is 32.2 Å². The number of carbonyl (C=O) groups excluding carboxylic acids is 2. The molecule has 8 heteroatoms. The molecule has 0 fully saturated rings. The average molecular weight is 258 g/mol. The van der Waals surface area contributed by atoms with Crippen LogP contribution in [0.15, 0.2) is 4.99 Å². The lowest BCUT2D eigenvalue weighted by molar-refractivity contribution is -0.120. The Morgan fingerprint density at radius 3 is 2.50 bits per heavy atom. The van der Waals surface area contributed by atoms with Crippen LogP contribution in [-0.4, -0.2) is 37.9 Å². The summed E-state index contributed by atoms with van der Waals surface area (Å²) in [6.45, 7) is 1.28. The van der Waals surface area contributed by atoms with Crippen molar-refractivity contribution >= 4 is 18.3 Å². The molecule has 0 unspecified atom stereocenters. The molecule has 3 amide bonds. The molecule has 0 atom stereocenters. The molecule has 0 aromatic carbocycles. The standard InChI is InChI=1S/C10H22N6O2/c11-10(18)15-7-9(17)14-6-4-2-1-3-5-13-8-16-12/h8H,1-7,12H2,(H,13,16)(H,14,17)(H3,11,15,18). The van der Waals surface area contributed by atoms with E-state index in [9.17, 15) is 9.59 Å². The molecule has 0 rings (SSSR count). The lowest BCUT2D eigenvalue weighted by Gasteiger charge is -2.05. The molecule has 0 heterocycles. The molecule has 0 radical (unpaired) electrons. The monoisotopic (exact) mass is 258 g/mol. The molecule has 18 heavy (non-hydrogen) atoms. The van der Waals surface area contributed by atoms with E-state index in [1.807, 2.05) is 0 Å². The molecule has 0 saturated heterocycles. The Bertz CT molecular complexity index is 269. The zero-order chi connectivity index (χ0) is 13.6. The van der Waals surface area contributed by atoms with Gasteiger partial charge in [0.1, 0.15) is 0 Å². The largest absolute Gasteiger partial charge is 0.355 e. The normalized spacial score (nSPS) is 10.3. The Balaban J connectivity index is 3.22. The summed E-state index contributed by atoms with van der Waals surface area (Å²) in [5.74, 6) is 4.78. The Kier molecular flexibility index (Phi) is 10.5. The number of urea groups is 1. The molecule has 0 aromatic heterocycles. The second-order valence-corrected chi connectivity index (χ2v) is 3.68. The third-order valence-corrected chi connectivity index (χ3v) is 2.13. The molecule has 0 aliphatic carbocycles. The second kappa shape index (κ2) is 11.6. The van der Waals surface area contributed by atoms with E-state index in [1.165, 1.54) is 6.34 Å². The zero-order valence-electron chi connectivity index (χ0n) is 10.4. The molecule has 0 aliphatic rings. The maximum absolute atomic E-state index is 11.1. The van der Waals surface area contributed by atoms with Gasteiger partial charge in [-0.15, -0.1) is 0 Å². The third-order valence-electron chi connectivity index (χ3n) is 2.13. The van der Waals surface area contributed by atoms with Crippen LogP contribution in [0.3, 0.4) is 0 Å². The highest BCUT2D eigenvalue weighted by molar-refractivity contribution is 5.83. The molecular formula is C10H22N6O2. The van der Waals surface area contributed by atoms with Crippen LogP contribution < -0.4 is 27.6 Å². The summed E-state index contributed by atoms with van der Waals surface area (Å²) in [5.41, 5.74) is 7.16. The van der Waals surface area contributed by atoms with Gasteiger partial charge in [-0.25, -0.2) is 10.6 Å². The van der Waals surface area contributed by atoms with E-state index in [1.54, 1.807) is 0 Å². The summed E-state index contributed by atoms with van der Waals surface area (Å²) in [7, 11) is 0. The van der Waals surface area contributed by atoms with E-state index < -0.39 is 6.03 Å². The number of hydrogen-bond donors (Lipinski definition) is 5. The van der Waals surface area contributed by atoms with Crippen molar-refractivity contribution in [3.63, 3.8) is 0 Å². The lowest BCUT2D eigenvalue weighted by Crippen LogP contribution is -2.39. The van der Waals surface area contributed by atoms with Crippen LogP contribution in [-0.2, 0) is 4.79 Å². The maximum Gasteiger partial charge on any atom is 0.312 e. The number of hydrogen-bond acceptors (Lipinski definition) is 4. The van der Waals surface area contributed by atoms with Gasteiger partial charge in [0.15, 0.2) is 0 Å². The minimum atomic E-state index is -0.697. The first-order valence-electron chi connectivity index (χ1n) is 5.91. The van der Waals surface area contributed by atoms with Gasteiger partial charge in [-0.3, -0.25) is 9.79 Å². The van der Waals surface area contributed by atoms with Gasteiger partial charge in [-0.2, -0.15) is 0 Å². The number of hydrazine groups is 1. The van der Waals surface area contributed by atoms with Gasteiger partial charge in [0, 0.05) is 13.1 Å². The first-order chi connectivity index (χ1) is 8.66. The van der Waals surface area contributed by atoms with Crippen molar-refractivity contribution < 1.29 is 9.59 Å². The number of aliphatic imine (C=N–C) groups is 1. The van der Waals surface area contributed by atoms with E-state index in [4.69, 9.17) is 11.6 Å². The number of unbranched alkanes of at least 4 members (excludes halogenated alkanes) is 3. The van der Waals surface area contributed by atoms with E-state index in [2.05, 4.69) is 21.1 Å². The summed E-state index contributed by atoms with van der Waals surface area (Å²) in [6, 6.07) is -0.697. The number of amides is 3. The smallest absolute Gasteiger partial charge is 0.312 e. The molecule has 0 saturated carbocycles. The number of rotatable bonds is 10. The van der Waals surface area contributed by atoms with Crippen LogP contribution >= 0.6 is 0 Å². The fourth-order valence-corrected chi connectivity index (χ4v) is 1.26. The maximum atomic E-state index is 11.1. The minimum Gasteiger partial charge on any atom is -0.355 e. The van der Waals surface area contributed by atoms with E-state index >= 15 is 0 Å². The number of nitrogens with one attached hydrogen (secondary N) is 3. The van der Waals surface area contributed by atoms with E-state index in [0.29, 0.717) is 6.54 Å². The topological polar surface area (TPSA) is 135 Å². The Morgan fingerprint density at radius 2 is 1.83 bits per heavy atom. The lowest BCUT2D eigenvalue weighted by atomic mass is 10.2. The van der Waals surface area contributed by atoms with Crippen molar-refractivity contribution in [2.45, 2.75) is 25.7 Å². The fourth-order valence-electron chi connectivity index (χ4n) is 1.26. The summed E-state index contributed by atoms with van der Waals surface area (Å²) in [6.07, 6.45) is 5.44. The SMILES string of the molecule is NNC=NCCCCCCNC(=O)CNC(N)=O. The average Bonchev–Trinajstić information content (AvgIpc) is 2.34. The molecule has 8 nitrogen and oxygen atoms in total. The number of carbonyl (C=O) groups is 2. The number of primary amides is 1. The number of nitrogens with two attached hydrogens (primary N) is 2. The molecule has 7 N–H and O–H groups in total. The Hall–Kier alpha value is -1.83. The van der Waals surface area contributed by atoms with Crippen LogP contribution in [0.5, 0.6) is 0 Å². The highest BCUT2D eigenvalue weighted by atomic mass is 16.2. The van der Waals surface area contributed by atoms with Crippen LogP contribution in [0, 0.1) is 0 Å². The fraction of sp³-hybridized carbons (Fsp3) is 0.700. The van der Waals surface area contributed by atoms with Gasteiger partial charge in [-0.05, 0) is 12.8 Å². The van der Waals surface area contributed by atoms with Gasteiger partial charge in [0.05, 0.1) is 12.9 Å². The minimum absolute atomic E-state index is 0.0733. The van der Waals surface area contributed by atoms with Crippen molar-refractivity contribution in [3.8, 4) is 0 Å². The van der Waals surface area contributed by atoms with Gasteiger partial charge in [0.2, 0.25) is 5.91 Å². The summed E-state index contributed by atoms with van der Waals surface area (Å²) in [5, 5.41) is 4.90. The molecule has 0 aromatic rings. The van der Waals surface area contributed by atoms with Crippen LogP contribution in [0.4, 0.5) is 4.79 Å². The van der Waals surface area contributed by atoms with Gasteiger partial charge >= 0.3 is 6.03 Å². The van der Waals surface area contributed by atoms with Gasteiger partial charge in [0.25, 0.3) is 0 Å². The summed E-state index contributed by atoms with van der Waals surface area (Å²) in [4.78, 5) is 25.5. The quantitative estimate of drug-likeness (QED) is 0.111. The van der Waals surface area contributed by atoms with Crippen molar-refractivity contribution in [1.29, 1.82) is 0 Å². The predicted molar refractivity (Wildman–Crippen MR) is 69.7 cm³/mol. The zero-order valence-corrected chi connectivity index (χ0v) is 10.4. The Morgan fingerprint density at radius 1 is 1.11 bits per heavy atom. The highest BCUT2D eigenvalue weighted by Gasteiger charge is 2.00. The highest BCUT2D eigenvalue weighted by Crippen LogP contribution is 1.98. The summed E-state index contributed by atoms with van der Waals surface area (Å²) < 4.78 is 0. The third kappa shape index (κ3) is 12.2. The van der Waals surface area contributed by atoms with Gasteiger partial charge < -0.3 is 21.8 Å².